The van der Waals surface area contributed by atoms with Gasteiger partial charge in [0.15, 0.2) is 11.5 Å². The second kappa shape index (κ2) is 5.27. The molecule has 1 aliphatic heterocycles. The minimum atomic E-state index is -0.791. The number of hydrogen-bond acceptors (Lipinski definition) is 4. The maximum absolute atomic E-state index is 11.1. The van der Waals surface area contributed by atoms with Gasteiger partial charge in [-0.15, -0.1) is 0 Å². The molecule has 1 heterocycles. The Morgan fingerprint density at radius 2 is 2.17 bits per heavy atom. The van der Waals surface area contributed by atoms with Crippen LogP contribution in [0, 0.1) is 0 Å². The summed E-state index contributed by atoms with van der Waals surface area (Å²) < 4.78 is 10.5. The van der Waals surface area contributed by atoms with Gasteiger partial charge in [-0.25, -0.2) is 0 Å². The number of rotatable bonds is 5. The van der Waals surface area contributed by atoms with Gasteiger partial charge in [0.1, 0.15) is 6.04 Å². The predicted octanol–water partition coefficient (Wildman–Crippen LogP) is 1.71. The maximum atomic E-state index is 11.1. The molecular weight excluding hydrogens is 234 g/mol. The smallest absolute Gasteiger partial charge is 0.320 e. The van der Waals surface area contributed by atoms with Gasteiger partial charge in [-0.3, -0.25) is 9.69 Å². The molecule has 1 aliphatic rings. The Bertz CT molecular complexity index is 447. The molecule has 0 aromatic heterocycles. The number of nitrogens with zero attached hydrogens (tertiary/aromatic N) is 1. The summed E-state index contributed by atoms with van der Waals surface area (Å²) in [6, 6.07) is 5.22. The zero-order valence-corrected chi connectivity index (χ0v) is 10.5. The van der Waals surface area contributed by atoms with E-state index in [0.29, 0.717) is 13.0 Å². The standard InChI is InChI=1S/C13H17NO4/c1-3-10(13(15)16)14(2)7-9-4-5-11-12(6-9)18-8-17-11/h4-6,10H,3,7-8H2,1-2H3,(H,15,16)/t10-/m0/s1. The molecule has 0 saturated heterocycles. The molecule has 0 radical (unpaired) electrons. The zero-order valence-electron chi connectivity index (χ0n) is 10.5. The first-order chi connectivity index (χ1) is 8.61. The van der Waals surface area contributed by atoms with E-state index in [9.17, 15) is 4.79 Å². The van der Waals surface area contributed by atoms with Crippen LogP contribution in [-0.4, -0.2) is 35.9 Å². The Labute approximate surface area is 106 Å². The summed E-state index contributed by atoms with van der Waals surface area (Å²) in [5, 5.41) is 9.09. The number of carbonyl (C=O) groups is 1. The van der Waals surface area contributed by atoms with Crippen LogP contribution in [0.15, 0.2) is 18.2 Å². The number of aliphatic carboxylic acids is 1. The van der Waals surface area contributed by atoms with Gasteiger partial charge in [-0.1, -0.05) is 13.0 Å². The third kappa shape index (κ3) is 2.56. The van der Waals surface area contributed by atoms with Crippen molar-refractivity contribution in [1.82, 2.24) is 4.90 Å². The Balaban J connectivity index is 2.07. The highest BCUT2D eigenvalue weighted by Gasteiger charge is 2.21. The van der Waals surface area contributed by atoms with Crippen molar-refractivity contribution in [1.29, 1.82) is 0 Å². The van der Waals surface area contributed by atoms with E-state index < -0.39 is 12.0 Å². The molecule has 2 rings (SSSR count). The van der Waals surface area contributed by atoms with Crippen LogP contribution in [0.4, 0.5) is 0 Å². The highest BCUT2D eigenvalue weighted by Crippen LogP contribution is 2.32. The summed E-state index contributed by atoms with van der Waals surface area (Å²) in [7, 11) is 1.81. The van der Waals surface area contributed by atoms with Gasteiger partial charge in [0, 0.05) is 6.54 Å². The van der Waals surface area contributed by atoms with E-state index in [2.05, 4.69) is 0 Å². The molecule has 0 aliphatic carbocycles. The summed E-state index contributed by atoms with van der Waals surface area (Å²) in [6.45, 7) is 2.69. The Morgan fingerprint density at radius 1 is 1.44 bits per heavy atom. The van der Waals surface area contributed by atoms with Crippen LogP contribution < -0.4 is 9.47 Å². The quantitative estimate of drug-likeness (QED) is 0.863. The Hall–Kier alpha value is -1.75. The first kappa shape index (κ1) is 12.7. The van der Waals surface area contributed by atoms with Crippen LogP contribution in [0.2, 0.25) is 0 Å². The first-order valence-corrected chi connectivity index (χ1v) is 5.93. The molecule has 0 amide bonds. The normalized spacial score (nSPS) is 14.8. The van der Waals surface area contributed by atoms with Crippen LogP contribution in [0.1, 0.15) is 18.9 Å². The molecule has 5 heteroatoms. The van der Waals surface area contributed by atoms with Gasteiger partial charge in [0.05, 0.1) is 0 Å². The van der Waals surface area contributed by atoms with Crippen LogP contribution in [0.25, 0.3) is 0 Å². The van der Waals surface area contributed by atoms with Crippen LogP contribution in [-0.2, 0) is 11.3 Å². The van der Waals surface area contributed by atoms with E-state index in [-0.39, 0.29) is 6.79 Å². The van der Waals surface area contributed by atoms with E-state index in [1.807, 2.05) is 37.1 Å². The topological polar surface area (TPSA) is 59.0 Å². The monoisotopic (exact) mass is 251 g/mol. The molecule has 0 saturated carbocycles. The largest absolute Gasteiger partial charge is 0.480 e. The number of benzene rings is 1. The summed E-state index contributed by atoms with van der Waals surface area (Å²) in [4.78, 5) is 12.9. The minimum Gasteiger partial charge on any atom is -0.480 e. The number of hydrogen-bond donors (Lipinski definition) is 1. The van der Waals surface area contributed by atoms with Gasteiger partial charge >= 0.3 is 5.97 Å². The van der Waals surface area contributed by atoms with E-state index in [1.165, 1.54) is 0 Å². The average Bonchev–Trinajstić information content (AvgIpc) is 2.76. The molecule has 0 fully saturated rings. The van der Waals surface area contributed by atoms with Crippen molar-refractivity contribution < 1.29 is 19.4 Å². The maximum Gasteiger partial charge on any atom is 0.320 e. The second-order valence-corrected chi connectivity index (χ2v) is 4.37. The number of fused-ring (bicyclic) bond motifs is 1. The number of carboxylic acids is 1. The Morgan fingerprint density at radius 3 is 2.83 bits per heavy atom. The molecule has 0 bridgehead atoms. The Kier molecular flexibility index (Phi) is 3.72. The van der Waals surface area contributed by atoms with Crippen LogP contribution in [0.5, 0.6) is 11.5 Å². The molecule has 5 nitrogen and oxygen atoms in total. The highest BCUT2D eigenvalue weighted by atomic mass is 16.7. The lowest BCUT2D eigenvalue weighted by molar-refractivity contribution is -0.143. The third-order valence-electron chi connectivity index (χ3n) is 3.07. The fourth-order valence-corrected chi connectivity index (χ4v) is 2.11. The molecule has 1 aromatic rings. The number of ether oxygens (including phenoxy) is 2. The molecule has 1 N–H and O–H groups in total. The lowest BCUT2D eigenvalue weighted by Gasteiger charge is -2.23. The van der Waals surface area contributed by atoms with Crippen LogP contribution in [0.3, 0.4) is 0 Å². The van der Waals surface area contributed by atoms with Gasteiger partial charge < -0.3 is 14.6 Å². The molecule has 0 unspecified atom stereocenters. The summed E-state index contributed by atoms with van der Waals surface area (Å²) in [5.74, 6) is 0.677. The molecule has 18 heavy (non-hydrogen) atoms. The SMILES string of the molecule is CC[C@@H](C(=O)O)N(C)Cc1ccc2c(c1)OCO2. The molecule has 98 valence electrons. The molecule has 1 atom stereocenters. The van der Waals surface area contributed by atoms with E-state index >= 15 is 0 Å². The van der Waals surface area contributed by atoms with Gasteiger partial charge in [0.25, 0.3) is 0 Å². The van der Waals surface area contributed by atoms with Crippen molar-refractivity contribution >= 4 is 5.97 Å². The average molecular weight is 251 g/mol. The first-order valence-electron chi connectivity index (χ1n) is 5.93. The fraction of sp³-hybridized carbons (Fsp3) is 0.462. The lowest BCUT2D eigenvalue weighted by Crippen LogP contribution is -2.37. The van der Waals surface area contributed by atoms with Gasteiger partial charge in [-0.05, 0) is 31.2 Å². The predicted molar refractivity (Wildman–Crippen MR) is 65.7 cm³/mol. The summed E-state index contributed by atoms with van der Waals surface area (Å²) in [6.07, 6.45) is 0.580. The van der Waals surface area contributed by atoms with Crippen molar-refractivity contribution in [2.45, 2.75) is 25.9 Å². The third-order valence-corrected chi connectivity index (χ3v) is 3.07. The highest BCUT2D eigenvalue weighted by molar-refractivity contribution is 5.73. The second-order valence-electron chi connectivity index (χ2n) is 4.37. The van der Waals surface area contributed by atoms with Crippen molar-refractivity contribution in [3.63, 3.8) is 0 Å². The lowest BCUT2D eigenvalue weighted by atomic mass is 10.1. The molecular formula is C13H17NO4. The van der Waals surface area contributed by atoms with Crippen molar-refractivity contribution in [3.8, 4) is 11.5 Å². The fourth-order valence-electron chi connectivity index (χ4n) is 2.11. The van der Waals surface area contributed by atoms with Gasteiger partial charge in [0.2, 0.25) is 6.79 Å². The van der Waals surface area contributed by atoms with Gasteiger partial charge in [-0.2, -0.15) is 0 Å². The summed E-state index contributed by atoms with van der Waals surface area (Å²) in [5.41, 5.74) is 1.02. The number of likely N-dealkylation sites (N-methyl/N-ethyl adjacent to an activating group) is 1. The van der Waals surface area contributed by atoms with E-state index in [1.54, 1.807) is 0 Å². The van der Waals surface area contributed by atoms with Crippen LogP contribution >= 0.6 is 0 Å². The molecule has 1 aromatic carbocycles. The minimum absolute atomic E-state index is 0.251. The van der Waals surface area contributed by atoms with Crippen molar-refractivity contribution in [2.24, 2.45) is 0 Å². The van der Waals surface area contributed by atoms with E-state index in [0.717, 1.165) is 17.1 Å². The van der Waals surface area contributed by atoms with Crippen molar-refractivity contribution in [2.75, 3.05) is 13.8 Å². The molecule has 0 spiro atoms. The zero-order chi connectivity index (χ0) is 13.1. The summed E-state index contributed by atoms with van der Waals surface area (Å²) >= 11 is 0. The van der Waals surface area contributed by atoms with E-state index in [4.69, 9.17) is 14.6 Å². The van der Waals surface area contributed by atoms with Crippen molar-refractivity contribution in [3.05, 3.63) is 23.8 Å². The number of carboxylic acid groups (broad SMARTS) is 1.